The molecule has 0 bridgehead atoms. The van der Waals surface area contributed by atoms with Gasteiger partial charge in [-0.1, -0.05) is 0 Å². The third-order valence-electron chi connectivity index (χ3n) is 3.27. The molecule has 0 aromatic heterocycles. The molecule has 1 aromatic rings. The Kier molecular flexibility index (Phi) is 3.37. The standard InChI is InChI=1S/C14H14N2O4/c17-11-3-1-2-10(7-11)15-16-14(18)9-4-5-12-13(6-9)20-8-19-12/h4-6H,1-3,7-8H2,(H,16,18)/b15-10+. The smallest absolute Gasteiger partial charge is 0.271 e. The summed E-state index contributed by atoms with van der Waals surface area (Å²) >= 11 is 0. The lowest BCUT2D eigenvalue weighted by molar-refractivity contribution is -0.118. The molecule has 0 spiro atoms. The number of Topliss-reactive ketones (excluding diaryl/α,β-unsaturated/α-hetero) is 1. The Morgan fingerprint density at radius 3 is 2.90 bits per heavy atom. The number of amides is 1. The fraction of sp³-hybridized carbons (Fsp3) is 0.357. The lowest BCUT2D eigenvalue weighted by Crippen LogP contribution is -2.22. The maximum absolute atomic E-state index is 12.0. The van der Waals surface area contributed by atoms with Crippen molar-refractivity contribution >= 4 is 17.4 Å². The van der Waals surface area contributed by atoms with Crippen LogP contribution in [0.4, 0.5) is 0 Å². The number of ether oxygens (including phenoxy) is 2. The Morgan fingerprint density at radius 2 is 2.05 bits per heavy atom. The van der Waals surface area contributed by atoms with E-state index in [0.29, 0.717) is 29.9 Å². The van der Waals surface area contributed by atoms with Gasteiger partial charge in [0, 0.05) is 24.1 Å². The second-order valence-electron chi connectivity index (χ2n) is 4.76. The van der Waals surface area contributed by atoms with Gasteiger partial charge in [0.2, 0.25) is 6.79 Å². The number of hydrazone groups is 1. The SMILES string of the molecule is O=C1CCC/C(=N\NC(=O)c2ccc3c(c2)OCO3)C1. The van der Waals surface area contributed by atoms with E-state index in [2.05, 4.69) is 10.5 Å². The Morgan fingerprint density at radius 1 is 1.20 bits per heavy atom. The van der Waals surface area contributed by atoms with E-state index in [-0.39, 0.29) is 18.5 Å². The van der Waals surface area contributed by atoms with Crippen LogP contribution in [0, 0.1) is 0 Å². The number of hydrogen-bond acceptors (Lipinski definition) is 5. The van der Waals surface area contributed by atoms with Crippen LogP contribution in [0.5, 0.6) is 11.5 Å². The van der Waals surface area contributed by atoms with Crippen LogP contribution in [-0.2, 0) is 4.79 Å². The first-order valence-corrected chi connectivity index (χ1v) is 6.49. The van der Waals surface area contributed by atoms with Crippen molar-refractivity contribution in [3.05, 3.63) is 23.8 Å². The molecular weight excluding hydrogens is 260 g/mol. The van der Waals surface area contributed by atoms with Crippen molar-refractivity contribution in [1.82, 2.24) is 5.43 Å². The summed E-state index contributed by atoms with van der Waals surface area (Å²) in [7, 11) is 0. The van der Waals surface area contributed by atoms with E-state index >= 15 is 0 Å². The summed E-state index contributed by atoms with van der Waals surface area (Å²) < 4.78 is 10.4. The summed E-state index contributed by atoms with van der Waals surface area (Å²) in [4.78, 5) is 23.3. The van der Waals surface area contributed by atoms with Gasteiger partial charge in [-0.05, 0) is 31.0 Å². The van der Waals surface area contributed by atoms with Crippen molar-refractivity contribution in [3.63, 3.8) is 0 Å². The maximum Gasteiger partial charge on any atom is 0.271 e. The number of benzene rings is 1. The van der Waals surface area contributed by atoms with Gasteiger partial charge in [-0.25, -0.2) is 5.43 Å². The fourth-order valence-corrected chi connectivity index (χ4v) is 2.22. The van der Waals surface area contributed by atoms with E-state index in [4.69, 9.17) is 9.47 Å². The molecule has 1 fully saturated rings. The maximum atomic E-state index is 12.0. The molecule has 6 heteroatoms. The molecule has 1 aliphatic carbocycles. The van der Waals surface area contributed by atoms with Gasteiger partial charge in [0.1, 0.15) is 5.78 Å². The first-order valence-electron chi connectivity index (χ1n) is 6.49. The summed E-state index contributed by atoms with van der Waals surface area (Å²) in [5.74, 6) is 1.03. The molecule has 1 aliphatic heterocycles. The highest BCUT2D eigenvalue weighted by molar-refractivity contribution is 6.04. The lowest BCUT2D eigenvalue weighted by Gasteiger charge is -2.11. The third kappa shape index (κ3) is 2.64. The Labute approximate surface area is 115 Å². The fourth-order valence-electron chi connectivity index (χ4n) is 2.22. The van der Waals surface area contributed by atoms with E-state index in [9.17, 15) is 9.59 Å². The average molecular weight is 274 g/mol. The molecule has 0 atom stereocenters. The number of nitrogens with one attached hydrogen (secondary N) is 1. The highest BCUT2D eigenvalue weighted by Gasteiger charge is 2.17. The quantitative estimate of drug-likeness (QED) is 0.832. The number of fused-ring (bicyclic) bond motifs is 1. The molecule has 2 aliphatic rings. The second kappa shape index (κ2) is 5.32. The number of ketones is 1. The minimum absolute atomic E-state index is 0.171. The van der Waals surface area contributed by atoms with Crippen LogP contribution in [0.3, 0.4) is 0 Å². The predicted octanol–water partition coefficient (Wildman–Crippen LogP) is 1.64. The molecule has 104 valence electrons. The minimum Gasteiger partial charge on any atom is -0.454 e. The molecule has 0 unspecified atom stereocenters. The molecule has 1 heterocycles. The van der Waals surface area contributed by atoms with E-state index in [1.54, 1.807) is 18.2 Å². The van der Waals surface area contributed by atoms with Crippen LogP contribution in [0.1, 0.15) is 36.0 Å². The molecule has 6 nitrogen and oxygen atoms in total. The number of carbonyl (C=O) groups excluding carboxylic acids is 2. The topological polar surface area (TPSA) is 77.0 Å². The normalized spacial score (nSPS) is 19.2. The molecule has 0 saturated heterocycles. The van der Waals surface area contributed by atoms with Crippen LogP contribution >= 0.6 is 0 Å². The molecule has 3 rings (SSSR count). The Hall–Kier alpha value is -2.37. The van der Waals surface area contributed by atoms with Crippen molar-refractivity contribution < 1.29 is 19.1 Å². The number of hydrogen-bond donors (Lipinski definition) is 1. The molecule has 1 saturated carbocycles. The number of rotatable bonds is 2. The van der Waals surface area contributed by atoms with Gasteiger partial charge >= 0.3 is 0 Å². The summed E-state index contributed by atoms with van der Waals surface area (Å²) in [5.41, 5.74) is 3.66. The van der Waals surface area contributed by atoms with E-state index in [0.717, 1.165) is 18.6 Å². The summed E-state index contributed by atoms with van der Waals surface area (Å²) in [6, 6.07) is 4.95. The zero-order valence-corrected chi connectivity index (χ0v) is 10.8. The zero-order chi connectivity index (χ0) is 13.9. The van der Waals surface area contributed by atoms with Crippen LogP contribution < -0.4 is 14.9 Å². The first kappa shape index (κ1) is 12.7. The Balaban J connectivity index is 1.67. The van der Waals surface area contributed by atoms with Gasteiger partial charge in [0.05, 0.1) is 0 Å². The van der Waals surface area contributed by atoms with Gasteiger partial charge in [-0.3, -0.25) is 9.59 Å². The van der Waals surface area contributed by atoms with Crippen LogP contribution in [0.2, 0.25) is 0 Å². The summed E-state index contributed by atoms with van der Waals surface area (Å²) in [6.45, 7) is 0.171. The lowest BCUT2D eigenvalue weighted by atomic mass is 9.97. The van der Waals surface area contributed by atoms with Gasteiger partial charge in [-0.15, -0.1) is 0 Å². The van der Waals surface area contributed by atoms with Crippen LogP contribution in [-0.4, -0.2) is 24.2 Å². The zero-order valence-electron chi connectivity index (χ0n) is 10.8. The molecule has 1 N–H and O–H groups in total. The van der Waals surface area contributed by atoms with Gasteiger partial charge < -0.3 is 9.47 Å². The first-order chi connectivity index (χ1) is 9.72. The van der Waals surface area contributed by atoms with Crippen molar-refractivity contribution in [1.29, 1.82) is 0 Å². The number of carbonyl (C=O) groups is 2. The molecule has 1 amide bonds. The van der Waals surface area contributed by atoms with Crippen LogP contribution in [0.15, 0.2) is 23.3 Å². The summed E-state index contributed by atoms with van der Waals surface area (Å²) in [6.07, 6.45) is 2.50. The predicted molar refractivity (Wildman–Crippen MR) is 70.9 cm³/mol. The van der Waals surface area contributed by atoms with Gasteiger partial charge in [0.25, 0.3) is 5.91 Å². The van der Waals surface area contributed by atoms with Crippen LogP contribution in [0.25, 0.3) is 0 Å². The second-order valence-corrected chi connectivity index (χ2v) is 4.76. The van der Waals surface area contributed by atoms with Gasteiger partial charge in [0.15, 0.2) is 11.5 Å². The minimum atomic E-state index is -0.325. The monoisotopic (exact) mass is 274 g/mol. The largest absolute Gasteiger partial charge is 0.454 e. The van der Waals surface area contributed by atoms with E-state index in [1.165, 1.54) is 0 Å². The van der Waals surface area contributed by atoms with Crippen molar-refractivity contribution in [3.8, 4) is 11.5 Å². The highest BCUT2D eigenvalue weighted by atomic mass is 16.7. The third-order valence-corrected chi connectivity index (χ3v) is 3.27. The molecule has 1 aromatic carbocycles. The molecule has 0 radical (unpaired) electrons. The summed E-state index contributed by atoms with van der Waals surface area (Å²) in [5, 5.41) is 4.03. The molecule has 20 heavy (non-hydrogen) atoms. The number of nitrogens with zero attached hydrogens (tertiary/aromatic N) is 1. The van der Waals surface area contributed by atoms with Crippen molar-refractivity contribution in [2.45, 2.75) is 25.7 Å². The Bertz CT molecular complexity index is 595. The molecular formula is C14H14N2O4. The van der Waals surface area contributed by atoms with Gasteiger partial charge in [-0.2, -0.15) is 5.10 Å². The van der Waals surface area contributed by atoms with Crippen molar-refractivity contribution in [2.24, 2.45) is 5.10 Å². The van der Waals surface area contributed by atoms with E-state index < -0.39 is 0 Å². The van der Waals surface area contributed by atoms with Crippen molar-refractivity contribution in [2.75, 3.05) is 6.79 Å². The van der Waals surface area contributed by atoms with E-state index in [1.807, 2.05) is 0 Å². The highest BCUT2D eigenvalue weighted by Crippen LogP contribution is 2.32. The average Bonchev–Trinajstić information content (AvgIpc) is 2.92.